The van der Waals surface area contributed by atoms with Gasteiger partial charge in [-0.05, 0) is 37.3 Å². The molecule has 0 aliphatic heterocycles. The smallest absolute Gasteiger partial charge is 0.415 e. The Bertz CT molecular complexity index is 1020. The monoisotopic (exact) mass is 376 g/mol. The number of carbonyl (C=O) groups excluding carboxylic acids is 1. The van der Waals surface area contributed by atoms with Gasteiger partial charge < -0.3 is 15.2 Å². The van der Waals surface area contributed by atoms with Crippen molar-refractivity contribution < 1.29 is 28.2 Å². The average Bonchev–Trinajstić information content (AvgIpc) is 2.95. The fraction of sp³-hybridized carbons (Fsp3) is 0.176. The van der Waals surface area contributed by atoms with E-state index < -0.39 is 24.5 Å². The third-order valence-corrected chi connectivity index (χ3v) is 3.62. The molecular formula is C17H14F2N4O4. The lowest BCUT2D eigenvalue weighted by atomic mass is 10.2. The molecule has 1 amide bonds. The molecule has 0 radical (unpaired) electrons. The number of aryl methyl sites for hydroxylation is 1. The molecule has 0 aliphatic carbocycles. The topological polar surface area (TPSA) is 106 Å². The van der Waals surface area contributed by atoms with E-state index >= 15 is 0 Å². The fourth-order valence-electron chi connectivity index (χ4n) is 2.46. The molecule has 0 fully saturated rings. The Kier molecular flexibility index (Phi) is 4.72. The number of amides is 1. The van der Waals surface area contributed by atoms with Gasteiger partial charge in [0.1, 0.15) is 17.8 Å². The van der Waals surface area contributed by atoms with Crippen molar-refractivity contribution in [3.05, 3.63) is 59.4 Å². The van der Waals surface area contributed by atoms with Crippen LogP contribution in [0.5, 0.6) is 5.75 Å². The van der Waals surface area contributed by atoms with Crippen LogP contribution in [0.25, 0.3) is 5.52 Å². The van der Waals surface area contributed by atoms with Gasteiger partial charge in [-0.1, -0.05) is 6.07 Å². The molecule has 2 aromatic heterocycles. The van der Waals surface area contributed by atoms with Crippen molar-refractivity contribution in [3.63, 3.8) is 0 Å². The molecule has 0 unspecified atom stereocenters. The Hall–Kier alpha value is -3.56. The predicted octanol–water partition coefficient (Wildman–Crippen LogP) is 2.14. The Morgan fingerprint density at radius 3 is 2.81 bits per heavy atom. The van der Waals surface area contributed by atoms with Gasteiger partial charge in [0.15, 0.2) is 0 Å². The number of benzene rings is 1. The number of ether oxygens (including phenoxy) is 1. The maximum absolute atomic E-state index is 14.0. The Balaban J connectivity index is 1.71. The zero-order chi connectivity index (χ0) is 19.6. The summed E-state index contributed by atoms with van der Waals surface area (Å²) >= 11 is 0. The standard InChI is InChI=1S/C17H14F2N4O4/c1-10-14(13-6-3-7-21-23(13)22-10)15(24)20-9-17(18,19)27-12-5-2-4-11(8-12)16(25)26/h2-8H,9H2,1H3,(H,20,24)(H,25,26). The first-order chi connectivity index (χ1) is 12.8. The normalized spacial score (nSPS) is 11.4. The number of aromatic nitrogens is 3. The molecule has 0 saturated carbocycles. The van der Waals surface area contributed by atoms with Gasteiger partial charge in [-0.3, -0.25) is 4.79 Å². The predicted molar refractivity (Wildman–Crippen MR) is 89.0 cm³/mol. The van der Waals surface area contributed by atoms with Gasteiger partial charge in [0, 0.05) is 6.20 Å². The van der Waals surface area contributed by atoms with Crippen LogP contribution in [0.15, 0.2) is 42.6 Å². The van der Waals surface area contributed by atoms with Gasteiger partial charge >= 0.3 is 12.1 Å². The number of carboxylic acid groups (broad SMARTS) is 1. The highest BCUT2D eigenvalue weighted by Crippen LogP contribution is 2.22. The van der Waals surface area contributed by atoms with Gasteiger partial charge in [-0.15, -0.1) is 0 Å². The number of carboxylic acids is 1. The molecule has 2 heterocycles. The lowest BCUT2D eigenvalue weighted by Gasteiger charge is -2.18. The van der Waals surface area contributed by atoms with Crippen LogP contribution in [0, 0.1) is 6.92 Å². The van der Waals surface area contributed by atoms with E-state index in [-0.39, 0.29) is 16.9 Å². The number of halogens is 2. The zero-order valence-corrected chi connectivity index (χ0v) is 14.0. The Morgan fingerprint density at radius 2 is 2.07 bits per heavy atom. The summed E-state index contributed by atoms with van der Waals surface area (Å²) in [6.07, 6.45) is -2.27. The number of hydrogen-bond donors (Lipinski definition) is 2. The lowest BCUT2D eigenvalue weighted by Crippen LogP contribution is -2.40. The van der Waals surface area contributed by atoms with Crippen molar-refractivity contribution in [3.8, 4) is 5.75 Å². The van der Waals surface area contributed by atoms with Crippen molar-refractivity contribution in [2.24, 2.45) is 0 Å². The van der Waals surface area contributed by atoms with Gasteiger partial charge in [-0.2, -0.15) is 23.6 Å². The Labute approximate surface area is 151 Å². The van der Waals surface area contributed by atoms with Gasteiger partial charge in [0.05, 0.1) is 16.8 Å². The van der Waals surface area contributed by atoms with Crippen LogP contribution in [0.1, 0.15) is 26.4 Å². The van der Waals surface area contributed by atoms with E-state index in [1.165, 1.54) is 29.0 Å². The molecule has 0 spiro atoms. The molecular weight excluding hydrogens is 362 g/mol. The largest absolute Gasteiger partial charge is 0.478 e. The summed E-state index contributed by atoms with van der Waals surface area (Å²) < 4.78 is 33.8. The summed E-state index contributed by atoms with van der Waals surface area (Å²) in [5.74, 6) is -2.35. The molecule has 1 aromatic carbocycles. The van der Waals surface area contributed by atoms with Crippen LogP contribution in [-0.4, -0.2) is 44.5 Å². The maximum Gasteiger partial charge on any atom is 0.415 e. The van der Waals surface area contributed by atoms with Crippen molar-refractivity contribution in [1.29, 1.82) is 0 Å². The molecule has 0 atom stereocenters. The molecule has 0 aliphatic rings. The van der Waals surface area contributed by atoms with E-state index in [9.17, 15) is 18.4 Å². The third kappa shape index (κ3) is 4.00. The Morgan fingerprint density at radius 1 is 1.30 bits per heavy atom. The molecule has 8 nitrogen and oxygen atoms in total. The SMILES string of the molecule is Cc1nn2ncccc2c1C(=O)NCC(F)(F)Oc1cccc(C(=O)O)c1. The highest BCUT2D eigenvalue weighted by molar-refractivity contribution is 6.01. The van der Waals surface area contributed by atoms with Gasteiger partial charge in [-0.25, -0.2) is 4.79 Å². The van der Waals surface area contributed by atoms with Crippen molar-refractivity contribution in [2.75, 3.05) is 6.54 Å². The molecule has 3 aromatic rings. The second kappa shape index (κ2) is 6.98. The van der Waals surface area contributed by atoms with Crippen LogP contribution in [0.3, 0.4) is 0 Å². The third-order valence-electron chi connectivity index (χ3n) is 3.62. The number of nitrogens with zero attached hydrogens (tertiary/aromatic N) is 3. The van der Waals surface area contributed by atoms with E-state index in [4.69, 9.17) is 5.11 Å². The summed E-state index contributed by atoms with van der Waals surface area (Å²) in [5, 5.41) is 19.0. The number of alkyl halides is 2. The van der Waals surface area contributed by atoms with E-state index in [1.807, 2.05) is 0 Å². The van der Waals surface area contributed by atoms with Crippen molar-refractivity contribution in [1.82, 2.24) is 20.1 Å². The number of fused-ring (bicyclic) bond motifs is 1. The first kappa shape index (κ1) is 18.2. The minimum absolute atomic E-state index is 0.131. The summed E-state index contributed by atoms with van der Waals surface area (Å²) in [6, 6.07) is 7.89. The highest BCUT2D eigenvalue weighted by Gasteiger charge is 2.33. The van der Waals surface area contributed by atoms with Crippen LogP contribution in [0.4, 0.5) is 8.78 Å². The average molecular weight is 376 g/mol. The minimum atomic E-state index is -3.75. The van der Waals surface area contributed by atoms with Gasteiger partial charge in [0.2, 0.25) is 0 Å². The summed E-state index contributed by atoms with van der Waals surface area (Å²) in [5.41, 5.74) is 0.657. The van der Waals surface area contributed by atoms with Crippen LogP contribution in [-0.2, 0) is 0 Å². The minimum Gasteiger partial charge on any atom is -0.478 e. The number of carbonyl (C=O) groups is 2. The number of nitrogens with one attached hydrogen (secondary N) is 1. The molecule has 10 heteroatoms. The molecule has 27 heavy (non-hydrogen) atoms. The van der Waals surface area contributed by atoms with E-state index in [2.05, 4.69) is 20.3 Å². The molecule has 3 rings (SSSR count). The van der Waals surface area contributed by atoms with Crippen LogP contribution < -0.4 is 10.1 Å². The molecule has 0 bridgehead atoms. The molecule has 0 saturated heterocycles. The van der Waals surface area contributed by atoms with Gasteiger partial charge in [0.25, 0.3) is 5.91 Å². The fourth-order valence-corrected chi connectivity index (χ4v) is 2.46. The quantitative estimate of drug-likeness (QED) is 0.683. The molecule has 140 valence electrons. The summed E-state index contributed by atoms with van der Waals surface area (Å²) in [7, 11) is 0. The van der Waals surface area contributed by atoms with Crippen LogP contribution >= 0.6 is 0 Å². The van der Waals surface area contributed by atoms with Crippen molar-refractivity contribution in [2.45, 2.75) is 13.0 Å². The van der Waals surface area contributed by atoms with Crippen molar-refractivity contribution >= 4 is 17.4 Å². The number of hydrogen-bond acceptors (Lipinski definition) is 5. The summed E-state index contributed by atoms with van der Waals surface area (Å²) in [4.78, 5) is 23.2. The highest BCUT2D eigenvalue weighted by atomic mass is 19.3. The first-order valence-corrected chi connectivity index (χ1v) is 7.76. The lowest BCUT2D eigenvalue weighted by molar-refractivity contribution is -0.169. The van der Waals surface area contributed by atoms with E-state index in [0.29, 0.717) is 11.2 Å². The second-order valence-electron chi connectivity index (χ2n) is 5.61. The van der Waals surface area contributed by atoms with E-state index in [0.717, 1.165) is 6.07 Å². The maximum atomic E-state index is 14.0. The first-order valence-electron chi connectivity index (χ1n) is 7.76. The molecule has 2 N–H and O–H groups in total. The summed E-state index contributed by atoms with van der Waals surface area (Å²) in [6.45, 7) is 0.454. The van der Waals surface area contributed by atoms with Crippen LogP contribution in [0.2, 0.25) is 0 Å². The number of rotatable bonds is 6. The van der Waals surface area contributed by atoms with E-state index in [1.54, 1.807) is 19.1 Å². The second-order valence-corrected chi connectivity index (χ2v) is 5.61. The zero-order valence-electron chi connectivity index (χ0n) is 14.0. The number of aromatic carboxylic acids is 1.